The van der Waals surface area contributed by atoms with E-state index < -0.39 is 5.91 Å². The van der Waals surface area contributed by atoms with E-state index in [4.69, 9.17) is 5.73 Å². The van der Waals surface area contributed by atoms with Gasteiger partial charge in [0.2, 0.25) is 5.91 Å². The Bertz CT molecular complexity index is 412. The molecule has 4 heteroatoms. The van der Waals surface area contributed by atoms with E-state index in [1.807, 2.05) is 13.8 Å². The highest BCUT2D eigenvalue weighted by Crippen LogP contribution is 2.06. The first kappa shape index (κ1) is 13.2. The van der Waals surface area contributed by atoms with Gasteiger partial charge >= 0.3 is 0 Å². The molecule has 0 aliphatic rings. The van der Waals surface area contributed by atoms with E-state index >= 15 is 0 Å². The number of hydrogen-bond donors (Lipinski definition) is 2. The summed E-state index contributed by atoms with van der Waals surface area (Å²) in [6.07, 6.45) is 1.77. The molecule has 1 aromatic carbocycles. The van der Waals surface area contributed by atoms with Gasteiger partial charge in [0.05, 0.1) is 0 Å². The third-order valence-corrected chi connectivity index (χ3v) is 2.73. The van der Waals surface area contributed by atoms with Crippen LogP contribution in [-0.2, 0) is 0 Å². The van der Waals surface area contributed by atoms with Crippen LogP contribution >= 0.6 is 0 Å². The summed E-state index contributed by atoms with van der Waals surface area (Å²) in [5.74, 6) is -0.691. The van der Waals surface area contributed by atoms with Gasteiger partial charge in [0, 0.05) is 17.2 Å². The number of benzene rings is 1. The normalized spacial score (nSPS) is 10.3. The Kier molecular flexibility index (Phi) is 4.69. The molecular formula is C13H18N2O2. The Balaban J connectivity index is 2.82. The maximum Gasteiger partial charge on any atom is 0.251 e. The molecule has 0 saturated heterocycles. The summed E-state index contributed by atoms with van der Waals surface area (Å²) in [6.45, 7) is 4.04. The molecule has 1 rings (SSSR count). The van der Waals surface area contributed by atoms with Crippen LogP contribution in [-0.4, -0.2) is 17.9 Å². The van der Waals surface area contributed by atoms with E-state index in [2.05, 4.69) is 5.32 Å². The van der Waals surface area contributed by atoms with E-state index in [-0.39, 0.29) is 11.9 Å². The van der Waals surface area contributed by atoms with Gasteiger partial charge in [-0.15, -0.1) is 0 Å². The van der Waals surface area contributed by atoms with Crippen LogP contribution in [0.5, 0.6) is 0 Å². The molecule has 4 nitrogen and oxygen atoms in total. The fourth-order valence-corrected chi connectivity index (χ4v) is 1.58. The Morgan fingerprint density at radius 1 is 1.24 bits per heavy atom. The van der Waals surface area contributed by atoms with E-state index in [0.717, 1.165) is 12.8 Å². The van der Waals surface area contributed by atoms with Crippen molar-refractivity contribution in [3.8, 4) is 0 Å². The van der Waals surface area contributed by atoms with Gasteiger partial charge in [-0.2, -0.15) is 0 Å². The van der Waals surface area contributed by atoms with Crippen molar-refractivity contribution in [3.63, 3.8) is 0 Å². The number of carbonyl (C=O) groups excluding carboxylic acids is 2. The average Bonchev–Trinajstić information content (AvgIpc) is 2.35. The van der Waals surface area contributed by atoms with Crippen molar-refractivity contribution < 1.29 is 9.59 Å². The first-order chi connectivity index (χ1) is 8.08. The van der Waals surface area contributed by atoms with Gasteiger partial charge in [-0.25, -0.2) is 0 Å². The summed E-state index contributed by atoms with van der Waals surface area (Å²) >= 11 is 0. The van der Waals surface area contributed by atoms with Crippen molar-refractivity contribution in [2.45, 2.75) is 32.7 Å². The SMILES string of the molecule is CCC(CC)NC(=O)c1cccc(C(N)=O)c1. The number of primary amides is 1. The molecule has 0 bridgehead atoms. The predicted molar refractivity (Wildman–Crippen MR) is 66.8 cm³/mol. The second kappa shape index (κ2) is 6.03. The fourth-order valence-electron chi connectivity index (χ4n) is 1.58. The molecule has 2 amide bonds. The van der Waals surface area contributed by atoms with E-state index in [9.17, 15) is 9.59 Å². The van der Waals surface area contributed by atoms with Crippen LogP contribution in [0.1, 0.15) is 47.4 Å². The van der Waals surface area contributed by atoms with Crippen LogP contribution in [0.2, 0.25) is 0 Å². The van der Waals surface area contributed by atoms with Crippen LogP contribution in [0.3, 0.4) is 0 Å². The molecule has 0 heterocycles. The van der Waals surface area contributed by atoms with E-state index in [1.54, 1.807) is 18.2 Å². The highest BCUT2D eigenvalue weighted by molar-refractivity contribution is 5.99. The van der Waals surface area contributed by atoms with Crippen LogP contribution in [0.15, 0.2) is 24.3 Å². The lowest BCUT2D eigenvalue weighted by Crippen LogP contribution is -2.33. The first-order valence-electron chi connectivity index (χ1n) is 5.79. The molecule has 0 radical (unpaired) electrons. The molecule has 17 heavy (non-hydrogen) atoms. The first-order valence-corrected chi connectivity index (χ1v) is 5.79. The van der Waals surface area contributed by atoms with E-state index in [0.29, 0.717) is 11.1 Å². The summed E-state index contributed by atoms with van der Waals surface area (Å²) in [4.78, 5) is 22.9. The number of nitrogens with two attached hydrogens (primary N) is 1. The Labute approximate surface area is 101 Å². The molecule has 0 fully saturated rings. The van der Waals surface area contributed by atoms with Crippen LogP contribution in [0.4, 0.5) is 0 Å². The third kappa shape index (κ3) is 3.59. The van der Waals surface area contributed by atoms with Gasteiger partial charge in [-0.05, 0) is 31.0 Å². The Morgan fingerprint density at radius 3 is 2.35 bits per heavy atom. The zero-order valence-corrected chi connectivity index (χ0v) is 10.2. The molecule has 92 valence electrons. The Hall–Kier alpha value is -1.84. The summed E-state index contributed by atoms with van der Waals surface area (Å²) in [7, 11) is 0. The third-order valence-electron chi connectivity index (χ3n) is 2.73. The van der Waals surface area contributed by atoms with Gasteiger partial charge in [-0.3, -0.25) is 9.59 Å². The smallest absolute Gasteiger partial charge is 0.251 e. The van der Waals surface area contributed by atoms with Crippen molar-refractivity contribution in [2.24, 2.45) is 5.73 Å². The monoisotopic (exact) mass is 234 g/mol. The quantitative estimate of drug-likeness (QED) is 0.814. The fraction of sp³-hybridized carbons (Fsp3) is 0.385. The summed E-state index contributed by atoms with van der Waals surface area (Å²) in [6, 6.07) is 6.60. The zero-order valence-electron chi connectivity index (χ0n) is 10.2. The van der Waals surface area contributed by atoms with Gasteiger partial charge in [0.1, 0.15) is 0 Å². The maximum atomic E-state index is 11.9. The minimum Gasteiger partial charge on any atom is -0.366 e. The molecule has 0 atom stereocenters. The largest absolute Gasteiger partial charge is 0.366 e. The molecule has 3 N–H and O–H groups in total. The molecule has 0 aromatic heterocycles. The van der Waals surface area contributed by atoms with Crippen molar-refractivity contribution in [3.05, 3.63) is 35.4 Å². The molecule has 0 saturated carbocycles. The van der Waals surface area contributed by atoms with Gasteiger partial charge < -0.3 is 11.1 Å². The van der Waals surface area contributed by atoms with Crippen molar-refractivity contribution in [2.75, 3.05) is 0 Å². The topological polar surface area (TPSA) is 72.2 Å². The maximum absolute atomic E-state index is 11.9. The lowest BCUT2D eigenvalue weighted by Gasteiger charge is -2.14. The van der Waals surface area contributed by atoms with Crippen molar-refractivity contribution >= 4 is 11.8 Å². The molecule has 0 aliphatic heterocycles. The molecule has 1 aromatic rings. The highest BCUT2D eigenvalue weighted by Gasteiger charge is 2.11. The van der Waals surface area contributed by atoms with Crippen LogP contribution in [0, 0.1) is 0 Å². The number of amides is 2. The Morgan fingerprint density at radius 2 is 1.82 bits per heavy atom. The second-order valence-corrected chi connectivity index (χ2v) is 3.93. The lowest BCUT2D eigenvalue weighted by molar-refractivity contribution is 0.0935. The van der Waals surface area contributed by atoms with Crippen LogP contribution in [0.25, 0.3) is 0 Å². The van der Waals surface area contributed by atoms with Crippen molar-refractivity contribution in [1.29, 1.82) is 0 Å². The summed E-state index contributed by atoms with van der Waals surface area (Å²) in [5, 5.41) is 2.91. The average molecular weight is 234 g/mol. The number of carbonyl (C=O) groups is 2. The standard InChI is InChI=1S/C13H18N2O2/c1-3-11(4-2)15-13(17)10-7-5-6-9(8-10)12(14)16/h5-8,11H,3-4H2,1-2H3,(H2,14,16)(H,15,17). The molecule has 0 unspecified atom stereocenters. The highest BCUT2D eigenvalue weighted by atomic mass is 16.2. The van der Waals surface area contributed by atoms with Gasteiger partial charge in [0.15, 0.2) is 0 Å². The molecule has 0 aliphatic carbocycles. The summed E-state index contributed by atoms with van der Waals surface area (Å²) < 4.78 is 0. The minimum atomic E-state index is -0.526. The van der Waals surface area contributed by atoms with Gasteiger partial charge in [-0.1, -0.05) is 19.9 Å². The van der Waals surface area contributed by atoms with Gasteiger partial charge in [0.25, 0.3) is 5.91 Å². The number of nitrogens with one attached hydrogen (secondary N) is 1. The van der Waals surface area contributed by atoms with E-state index in [1.165, 1.54) is 6.07 Å². The molecule has 0 spiro atoms. The van der Waals surface area contributed by atoms with Crippen LogP contribution < -0.4 is 11.1 Å². The zero-order chi connectivity index (χ0) is 12.8. The minimum absolute atomic E-state index is 0.165. The number of hydrogen-bond acceptors (Lipinski definition) is 2. The molecular weight excluding hydrogens is 216 g/mol. The summed E-state index contributed by atoms with van der Waals surface area (Å²) in [5.41, 5.74) is 5.98. The second-order valence-electron chi connectivity index (χ2n) is 3.93. The number of rotatable bonds is 5. The van der Waals surface area contributed by atoms with Crippen molar-refractivity contribution in [1.82, 2.24) is 5.32 Å². The lowest BCUT2D eigenvalue weighted by atomic mass is 10.1. The predicted octanol–water partition coefficient (Wildman–Crippen LogP) is 1.70.